The van der Waals surface area contributed by atoms with Crippen molar-refractivity contribution in [2.75, 3.05) is 0 Å². The van der Waals surface area contributed by atoms with Crippen molar-refractivity contribution in [2.45, 2.75) is 6.17 Å². The van der Waals surface area contributed by atoms with Crippen molar-refractivity contribution in [3.8, 4) is 28.6 Å². The van der Waals surface area contributed by atoms with Gasteiger partial charge in [-0.25, -0.2) is 14.4 Å². The molecule has 7 heteroatoms. The van der Waals surface area contributed by atoms with Crippen molar-refractivity contribution in [3.63, 3.8) is 0 Å². The first kappa shape index (κ1) is 33.3. The molecule has 0 saturated heterocycles. The summed E-state index contributed by atoms with van der Waals surface area (Å²) in [7, 11) is -0.913. The van der Waals surface area contributed by atoms with Gasteiger partial charge in [0.05, 0.1) is 16.6 Å². The lowest BCUT2D eigenvalue weighted by molar-refractivity contribution is 0.402. The van der Waals surface area contributed by atoms with Gasteiger partial charge in [-0.3, -0.25) is 4.57 Å². The predicted molar refractivity (Wildman–Crippen MR) is 231 cm³/mol. The summed E-state index contributed by atoms with van der Waals surface area (Å²) in [6.45, 7) is 0. The van der Waals surface area contributed by atoms with Crippen LogP contribution in [0.4, 0.5) is 4.39 Å². The Morgan fingerprint density at radius 2 is 1.32 bits per heavy atom. The topological polar surface area (TPSA) is 44.9 Å². The Kier molecular flexibility index (Phi) is 7.59. The van der Waals surface area contributed by atoms with Crippen molar-refractivity contribution in [3.05, 3.63) is 199 Å². The maximum atomic E-state index is 17.0. The average molecular weight is 755 g/mol. The number of halogens is 1. The molecule has 0 N–H and O–H groups in total. The van der Waals surface area contributed by atoms with Crippen LogP contribution in [0.15, 0.2) is 188 Å². The number of hydrogen-bond donors (Lipinski definition) is 0. The molecule has 1 atom stereocenters. The van der Waals surface area contributed by atoms with E-state index in [2.05, 4.69) is 112 Å². The second-order valence-corrected chi connectivity index (χ2v) is 18.4. The van der Waals surface area contributed by atoms with Gasteiger partial charge in [0, 0.05) is 35.3 Å². The Morgan fingerprint density at radius 3 is 2.11 bits per heavy atom. The third-order valence-electron chi connectivity index (χ3n) is 11.6. The molecular formula is C50H35FN4OSi. The minimum atomic E-state index is -2.91. The van der Waals surface area contributed by atoms with Gasteiger partial charge in [0.15, 0.2) is 20.0 Å². The number of alkyl halides is 1. The summed E-state index contributed by atoms with van der Waals surface area (Å²) in [5.74, 6) is 2.45. The highest BCUT2D eigenvalue weighted by atomic mass is 28.3. The number of nitrogens with zero attached hydrogens (tertiary/aromatic N) is 4. The predicted octanol–water partition coefficient (Wildman–Crippen LogP) is 9.27. The first-order valence-electron chi connectivity index (χ1n) is 19.2. The minimum Gasteiger partial charge on any atom is -0.455 e. The van der Waals surface area contributed by atoms with Gasteiger partial charge in [-0.2, -0.15) is 0 Å². The fourth-order valence-corrected chi connectivity index (χ4v) is 14.0. The summed E-state index contributed by atoms with van der Waals surface area (Å²) in [5, 5.41) is 6.94. The lowest BCUT2D eigenvalue weighted by Gasteiger charge is -2.39. The number of para-hydroxylation sites is 3. The molecule has 7 aromatic carbocycles. The quantitative estimate of drug-likeness (QED) is 0.159. The second kappa shape index (κ2) is 13.0. The SMILES string of the molecule is Cn1c(-c2cccc(C(F)c3cccc(-n4c5ncccc5c5ccc6c(c54)Oc4ccccc4[Si]6(c4ccccc4)c4ccccc4)c3)c2)nc2ccccc21. The largest absolute Gasteiger partial charge is 0.455 e. The Bertz CT molecular complexity index is 3120. The molecule has 0 amide bonds. The van der Waals surface area contributed by atoms with Crippen LogP contribution in [0.5, 0.6) is 11.5 Å². The number of hydrogen-bond acceptors (Lipinski definition) is 3. The van der Waals surface area contributed by atoms with Gasteiger partial charge in [-0.05, 0) is 80.4 Å². The second-order valence-electron chi connectivity index (χ2n) is 14.7. The van der Waals surface area contributed by atoms with E-state index in [1.165, 1.54) is 15.6 Å². The van der Waals surface area contributed by atoms with Gasteiger partial charge in [0.2, 0.25) is 0 Å². The molecule has 272 valence electrons. The standard InChI is InChI=1S/C50H35FN4OSi/c1-54-42-25-9-8-24-41(42)53-49(54)35-17-12-15-33(31-35)46(51)34-16-13-18-36(32-34)55-47-39(40-23-14-30-52-50(40)55)28-29-45-48(47)56-43-26-10-11-27-44(43)57(45,37-19-4-2-5-20-37)38-21-6-3-7-22-38/h2-32,46H,1H3. The van der Waals surface area contributed by atoms with Crippen molar-refractivity contribution in [1.29, 1.82) is 0 Å². The first-order valence-corrected chi connectivity index (χ1v) is 21.2. The van der Waals surface area contributed by atoms with E-state index in [0.29, 0.717) is 11.1 Å². The Morgan fingerprint density at radius 1 is 0.614 bits per heavy atom. The van der Waals surface area contributed by atoms with E-state index in [9.17, 15) is 0 Å². The summed E-state index contributed by atoms with van der Waals surface area (Å²) >= 11 is 0. The zero-order valence-electron chi connectivity index (χ0n) is 31.1. The number of pyridine rings is 1. The lowest BCUT2D eigenvalue weighted by Crippen LogP contribution is -2.76. The number of benzene rings is 7. The number of imidazole rings is 1. The highest BCUT2D eigenvalue weighted by Crippen LogP contribution is 2.41. The maximum absolute atomic E-state index is 17.0. The average Bonchev–Trinajstić information content (AvgIpc) is 3.81. The fourth-order valence-electron chi connectivity index (χ4n) is 9.09. The van der Waals surface area contributed by atoms with E-state index in [1.807, 2.05) is 92.1 Å². The zero-order chi connectivity index (χ0) is 38.1. The normalized spacial score (nSPS) is 13.6. The highest BCUT2D eigenvalue weighted by molar-refractivity contribution is 7.20. The van der Waals surface area contributed by atoms with E-state index >= 15 is 4.39 Å². The van der Waals surface area contributed by atoms with Crippen LogP contribution in [-0.4, -0.2) is 27.2 Å². The third-order valence-corrected chi connectivity index (χ3v) is 16.4. The maximum Gasteiger partial charge on any atom is 0.188 e. The highest BCUT2D eigenvalue weighted by Gasteiger charge is 2.48. The molecule has 5 nitrogen and oxygen atoms in total. The van der Waals surface area contributed by atoms with Crippen molar-refractivity contribution in [1.82, 2.24) is 19.1 Å². The van der Waals surface area contributed by atoms with Gasteiger partial charge in [0.1, 0.15) is 17.2 Å². The van der Waals surface area contributed by atoms with Crippen molar-refractivity contribution < 1.29 is 9.13 Å². The van der Waals surface area contributed by atoms with Gasteiger partial charge in [-0.1, -0.05) is 133 Å². The Labute approximate surface area is 329 Å². The van der Waals surface area contributed by atoms with Crippen LogP contribution in [0, 0.1) is 0 Å². The molecule has 0 spiro atoms. The molecule has 10 aromatic rings. The van der Waals surface area contributed by atoms with Gasteiger partial charge in [-0.15, -0.1) is 0 Å². The number of aromatic nitrogens is 4. The molecule has 3 aromatic heterocycles. The van der Waals surface area contributed by atoms with Gasteiger partial charge >= 0.3 is 0 Å². The van der Waals surface area contributed by atoms with Crippen molar-refractivity contribution in [2.24, 2.45) is 7.05 Å². The summed E-state index contributed by atoms with van der Waals surface area (Å²) in [4.78, 5) is 9.84. The molecule has 0 fully saturated rings. The summed E-state index contributed by atoms with van der Waals surface area (Å²) < 4.78 is 28.3. The number of aryl methyl sites for hydroxylation is 1. The minimum absolute atomic E-state index is 0.550. The Balaban J connectivity index is 1.12. The molecule has 0 saturated carbocycles. The van der Waals surface area contributed by atoms with Gasteiger partial charge in [0.25, 0.3) is 0 Å². The molecular weight excluding hydrogens is 720 g/mol. The monoisotopic (exact) mass is 754 g/mol. The molecule has 1 aliphatic rings. The summed E-state index contributed by atoms with van der Waals surface area (Å²) in [6.07, 6.45) is 0.440. The van der Waals surface area contributed by atoms with E-state index in [1.54, 1.807) is 0 Å². The summed E-state index contributed by atoms with van der Waals surface area (Å²) in [5.41, 5.74) is 6.43. The van der Waals surface area contributed by atoms with Crippen molar-refractivity contribution >= 4 is 61.8 Å². The molecule has 4 heterocycles. The lowest BCUT2D eigenvalue weighted by atomic mass is 10.00. The van der Waals surface area contributed by atoms with Crippen LogP contribution < -0.4 is 25.5 Å². The first-order chi connectivity index (χ1) is 28.1. The number of fused-ring (bicyclic) bond motifs is 7. The third kappa shape index (κ3) is 4.99. The van der Waals surface area contributed by atoms with E-state index in [4.69, 9.17) is 14.7 Å². The molecule has 57 heavy (non-hydrogen) atoms. The van der Waals surface area contributed by atoms with Crippen LogP contribution in [0.3, 0.4) is 0 Å². The van der Waals surface area contributed by atoms with E-state index < -0.39 is 14.2 Å². The number of ether oxygens (including phenoxy) is 1. The Hall–Kier alpha value is -7.09. The van der Waals surface area contributed by atoms with Crippen LogP contribution in [0.1, 0.15) is 17.3 Å². The summed E-state index contributed by atoms with van der Waals surface area (Å²) in [6, 6.07) is 62.4. The molecule has 0 aliphatic carbocycles. The molecule has 11 rings (SSSR count). The number of rotatable bonds is 6. The molecule has 1 unspecified atom stereocenters. The smallest absolute Gasteiger partial charge is 0.188 e. The molecule has 0 radical (unpaired) electrons. The van der Waals surface area contributed by atoms with E-state index in [-0.39, 0.29) is 0 Å². The van der Waals surface area contributed by atoms with Crippen LogP contribution in [-0.2, 0) is 7.05 Å². The fraction of sp³-hybridized carbons (Fsp3) is 0.0400. The van der Waals surface area contributed by atoms with Gasteiger partial charge < -0.3 is 9.30 Å². The van der Waals surface area contributed by atoms with Crippen LogP contribution in [0.25, 0.3) is 50.0 Å². The van der Waals surface area contributed by atoms with E-state index in [0.717, 1.165) is 66.7 Å². The zero-order valence-corrected chi connectivity index (χ0v) is 32.1. The molecule has 1 aliphatic heterocycles. The molecule has 0 bridgehead atoms. The van der Waals surface area contributed by atoms with Crippen LogP contribution in [0.2, 0.25) is 0 Å². The van der Waals surface area contributed by atoms with Crippen LogP contribution >= 0.6 is 0 Å².